The molecule has 4 heteroatoms. The van der Waals surface area contributed by atoms with E-state index in [-0.39, 0.29) is 0 Å². The predicted octanol–water partition coefficient (Wildman–Crippen LogP) is 0.838. The molecule has 0 unspecified atom stereocenters. The lowest BCUT2D eigenvalue weighted by Crippen LogP contribution is -3.27. The first-order valence-corrected chi connectivity index (χ1v) is 9.84. The standard InChI is InChI=1S/C22H30N2O2/c1-23-14-16-24(17-15-23)13-7-8-18-25-21-11-5-6-12-22(21)26-19-20-9-3-2-4-10-20/h2-6,9-12H,7-8,13-19H2,1H3/p+2. The number of piperazine rings is 1. The van der Waals surface area contributed by atoms with E-state index in [4.69, 9.17) is 9.47 Å². The minimum Gasteiger partial charge on any atom is -0.490 e. The molecule has 3 rings (SSSR count). The summed E-state index contributed by atoms with van der Waals surface area (Å²) in [5, 5.41) is 0. The van der Waals surface area contributed by atoms with Gasteiger partial charge in [0.25, 0.3) is 0 Å². The highest BCUT2D eigenvalue weighted by Gasteiger charge is 2.18. The Kier molecular flexibility index (Phi) is 7.35. The highest BCUT2D eigenvalue weighted by molar-refractivity contribution is 5.39. The van der Waals surface area contributed by atoms with Crippen LogP contribution in [-0.4, -0.2) is 46.4 Å². The molecule has 0 aliphatic carbocycles. The van der Waals surface area contributed by atoms with Gasteiger partial charge in [-0.15, -0.1) is 0 Å². The van der Waals surface area contributed by atoms with E-state index in [9.17, 15) is 0 Å². The van der Waals surface area contributed by atoms with E-state index in [1.165, 1.54) is 44.7 Å². The van der Waals surface area contributed by atoms with Gasteiger partial charge in [-0.3, -0.25) is 0 Å². The first kappa shape index (κ1) is 18.7. The van der Waals surface area contributed by atoms with Gasteiger partial charge >= 0.3 is 0 Å². The van der Waals surface area contributed by atoms with E-state index in [0.29, 0.717) is 6.61 Å². The summed E-state index contributed by atoms with van der Waals surface area (Å²) in [7, 11) is 2.29. The average Bonchev–Trinajstić information content (AvgIpc) is 2.69. The fraction of sp³-hybridized carbons (Fsp3) is 0.455. The maximum Gasteiger partial charge on any atom is 0.161 e. The third-order valence-electron chi connectivity index (χ3n) is 5.08. The molecule has 2 aromatic rings. The van der Waals surface area contributed by atoms with Gasteiger partial charge < -0.3 is 19.3 Å². The van der Waals surface area contributed by atoms with Gasteiger partial charge in [0.1, 0.15) is 32.8 Å². The Balaban J connectivity index is 1.38. The van der Waals surface area contributed by atoms with Crippen molar-refractivity contribution in [1.82, 2.24) is 0 Å². The number of ether oxygens (including phenoxy) is 2. The number of nitrogens with one attached hydrogen (secondary N) is 2. The van der Waals surface area contributed by atoms with Gasteiger partial charge in [-0.1, -0.05) is 42.5 Å². The van der Waals surface area contributed by atoms with Gasteiger partial charge in [-0.25, -0.2) is 0 Å². The van der Waals surface area contributed by atoms with Crippen molar-refractivity contribution in [2.45, 2.75) is 19.4 Å². The molecule has 0 bridgehead atoms. The molecule has 2 aromatic carbocycles. The van der Waals surface area contributed by atoms with Crippen LogP contribution < -0.4 is 19.3 Å². The van der Waals surface area contributed by atoms with Crippen LogP contribution in [0.2, 0.25) is 0 Å². The lowest BCUT2D eigenvalue weighted by molar-refractivity contribution is -1.00. The van der Waals surface area contributed by atoms with Crippen molar-refractivity contribution >= 4 is 0 Å². The van der Waals surface area contributed by atoms with Gasteiger partial charge in [-0.2, -0.15) is 0 Å². The monoisotopic (exact) mass is 356 g/mol. The Hall–Kier alpha value is -2.04. The summed E-state index contributed by atoms with van der Waals surface area (Å²) < 4.78 is 11.9. The molecule has 1 aliphatic rings. The molecule has 26 heavy (non-hydrogen) atoms. The smallest absolute Gasteiger partial charge is 0.161 e. The average molecular weight is 357 g/mol. The highest BCUT2D eigenvalue weighted by atomic mass is 16.5. The zero-order valence-corrected chi connectivity index (χ0v) is 15.9. The maximum atomic E-state index is 5.99. The van der Waals surface area contributed by atoms with Crippen molar-refractivity contribution in [3.8, 4) is 11.5 Å². The summed E-state index contributed by atoms with van der Waals surface area (Å²) in [5.74, 6) is 1.67. The number of benzene rings is 2. The molecule has 0 atom stereocenters. The van der Waals surface area contributed by atoms with Crippen LogP contribution >= 0.6 is 0 Å². The van der Waals surface area contributed by atoms with E-state index in [1.807, 2.05) is 42.5 Å². The molecule has 0 aromatic heterocycles. The minimum absolute atomic E-state index is 0.565. The van der Waals surface area contributed by atoms with Crippen LogP contribution in [-0.2, 0) is 6.61 Å². The van der Waals surface area contributed by atoms with Crippen LogP contribution in [0.1, 0.15) is 18.4 Å². The number of hydrogen-bond donors (Lipinski definition) is 2. The van der Waals surface area contributed by atoms with Gasteiger partial charge in [0.2, 0.25) is 0 Å². The number of hydrogen-bond acceptors (Lipinski definition) is 2. The normalized spacial score (nSPS) is 19.9. The molecule has 0 spiro atoms. The van der Waals surface area contributed by atoms with Crippen LogP contribution in [0, 0.1) is 0 Å². The number of unbranched alkanes of at least 4 members (excludes halogenated alkanes) is 1. The van der Waals surface area contributed by atoms with E-state index in [2.05, 4.69) is 19.2 Å². The molecule has 4 nitrogen and oxygen atoms in total. The van der Waals surface area contributed by atoms with Crippen molar-refractivity contribution < 1.29 is 19.3 Å². The highest BCUT2D eigenvalue weighted by Crippen LogP contribution is 2.27. The number of quaternary nitrogens is 2. The summed E-state index contributed by atoms with van der Waals surface area (Å²) in [4.78, 5) is 3.42. The first-order chi connectivity index (χ1) is 12.8. The number of para-hydroxylation sites is 2. The summed E-state index contributed by atoms with van der Waals surface area (Å²) in [5.41, 5.74) is 1.17. The minimum atomic E-state index is 0.565. The second-order valence-corrected chi connectivity index (χ2v) is 7.23. The summed E-state index contributed by atoms with van der Waals surface area (Å²) in [6, 6.07) is 18.2. The first-order valence-electron chi connectivity index (χ1n) is 9.84. The summed E-state index contributed by atoms with van der Waals surface area (Å²) in [6.07, 6.45) is 2.32. The van der Waals surface area contributed by atoms with Gasteiger partial charge in [0.15, 0.2) is 11.5 Å². The third-order valence-corrected chi connectivity index (χ3v) is 5.08. The molecule has 1 heterocycles. The number of rotatable bonds is 9. The third kappa shape index (κ3) is 6.04. The Morgan fingerprint density at radius 3 is 2.15 bits per heavy atom. The van der Waals surface area contributed by atoms with Crippen molar-refractivity contribution in [2.75, 3.05) is 46.4 Å². The Morgan fingerprint density at radius 1 is 0.769 bits per heavy atom. The largest absolute Gasteiger partial charge is 0.490 e. The maximum absolute atomic E-state index is 5.99. The molecule has 2 N–H and O–H groups in total. The molecule has 1 saturated heterocycles. The fourth-order valence-electron chi connectivity index (χ4n) is 3.36. The molecule has 1 aliphatic heterocycles. The zero-order chi connectivity index (χ0) is 18.0. The van der Waals surface area contributed by atoms with E-state index < -0.39 is 0 Å². The van der Waals surface area contributed by atoms with Crippen LogP contribution in [0.4, 0.5) is 0 Å². The van der Waals surface area contributed by atoms with Crippen LogP contribution in [0.3, 0.4) is 0 Å². The Bertz CT molecular complexity index is 640. The quantitative estimate of drug-likeness (QED) is 0.652. The second kappa shape index (κ2) is 10.2. The fourth-order valence-corrected chi connectivity index (χ4v) is 3.36. The Labute approximate surface area is 157 Å². The molecule has 0 saturated carbocycles. The Morgan fingerprint density at radius 2 is 1.42 bits per heavy atom. The molecular formula is C22H32N2O2+2. The van der Waals surface area contributed by atoms with E-state index in [1.54, 1.807) is 9.80 Å². The molecule has 1 fully saturated rings. The van der Waals surface area contributed by atoms with Crippen LogP contribution in [0.5, 0.6) is 11.5 Å². The van der Waals surface area contributed by atoms with E-state index in [0.717, 1.165) is 24.5 Å². The molecule has 140 valence electrons. The SMILES string of the molecule is C[NH+]1CC[NH+](CCCCOc2ccccc2OCc2ccccc2)CC1. The molecule has 0 amide bonds. The van der Waals surface area contributed by atoms with Crippen molar-refractivity contribution in [2.24, 2.45) is 0 Å². The van der Waals surface area contributed by atoms with Gasteiger partial charge in [0, 0.05) is 0 Å². The molecular weight excluding hydrogens is 324 g/mol. The lowest BCUT2D eigenvalue weighted by atomic mass is 10.2. The van der Waals surface area contributed by atoms with Crippen molar-refractivity contribution in [3.63, 3.8) is 0 Å². The van der Waals surface area contributed by atoms with Gasteiger partial charge in [-0.05, 0) is 30.5 Å². The lowest BCUT2D eigenvalue weighted by Gasteiger charge is -2.27. The van der Waals surface area contributed by atoms with Crippen molar-refractivity contribution in [1.29, 1.82) is 0 Å². The van der Waals surface area contributed by atoms with Crippen LogP contribution in [0.15, 0.2) is 54.6 Å². The van der Waals surface area contributed by atoms with Crippen LogP contribution in [0.25, 0.3) is 0 Å². The summed E-state index contributed by atoms with van der Waals surface area (Å²) >= 11 is 0. The van der Waals surface area contributed by atoms with Crippen molar-refractivity contribution in [3.05, 3.63) is 60.2 Å². The molecule has 0 radical (unpaired) electrons. The predicted molar refractivity (Wildman–Crippen MR) is 104 cm³/mol. The summed E-state index contributed by atoms with van der Waals surface area (Å²) in [6.45, 7) is 7.81. The van der Waals surface area contributed by atoms with E-state index >= 15 is 0 Å². The second-order valence-electron chi connectivity index (χ2n) is 7.23. The number of likely N-dealkylation sites (N-methyl/N-ethyl adjacent to an activating group) is 1. The topological polar surface area (TPSA) is 27.3 Å². The zero-order valence-electron chi connectivity index (χ0n) is 15.9. The van der Waals surface area contributed by atoms with Gasteiger partial charge in [0.05, 0.1) is 20.2 Å².